The molecule has 2 aromatic rings. The molecule has 1 unspecified atom stereocenters. The number of carbonyl (C=O) groups is 1. The third-order valence-corrected chi connectivity index (χ3v) is 6.58. The maximum atomic E-state index is 11.9. The molecule has 1 aliphatic carbocycles. The van der Waals surface area contributed by atoms with E-state index in [1.165, 1.54) is 28.5 Å². The van der Waals surface area contributed by atoms with E-state index in [-0.39, 0.29) is 5.91 Å². The third kappa shape index (κ3) is 2.33. The average Bonchev–Trinajstić information content (AvgIpc) is 3.34. The van der Waals surface area contributed by atoms with Gasteiger partial charge in [0.1, 0.15) is 0 Å². The van der Waals surface area contributed by atoms with Crippen LogP contribution in [0.1, 0.15) is 42.3 Å². The first-order valence-corrected chi connectivity index (χ1v) is 9.67. The molecule has 3 aliphatic rings. The summed E-state index contributed by atoms with van der Waals surface area (Å²) in [6, 6.07) is 0.371. The summed E-state index contributed by atoms with van der Waals surface area (Å²) in [5.74, 6) is 0.222. The number of amides is 1. The average molecular weight is 343 g/mol. The molecule has 4 heterocycles. The molecular weight excluding hydrogens is 322 g/mol. The van der Waals surface area contributed by atoms with Crippen molar-refractivity contribution in [3.05, 3.63) is 23.0 Å². The lowest BCUT2D eigenvalue weighted by molar-refractivity contribution is -0.117. The smallest absolute Gasteiger partial charge is 0.227 e. The number of thiazole rings is 1. The van der Waals surface area contributed by atoms with Gasteiger partial charge in [0.25, 0.3) is 0 Å². The second kappa shape index (κ2) is 5.58. The van der Waals surface area contributed by atoms with E-state index in [1.54, 1.807) is 0 Å². The van der Waals surface area contributed by atoms with Crippen molar-refractivity contribution in [1.82, 2.24) is 14.8 Å². The summed E-state index contributed by atoms with van der Waals surface area (Å²) in [5, 5.41) is 5.72. The topological polar surface area (TPSA) is 54.3 Å². The second-order valence-corrected chi connectivity index (χ2v) is 8.00. The number of aromatic nitrogens is 3. The summed E-state index contributed by atoms with van der Waals surface area (Å²) in [6.07, 6.45) is 10.2. The molecule has 0 spiro atoms. The summed E-state index contributed by atoms with van der Waals surface area (Å²) in [6.45, 7) is 2.82. The third-order valence-electron chi connectivity index (χ3n) is 5.37. The van der Waals surface area contributed by atoms with Crippen molar-refractivity contribution in [3.8, 4) is 0 Å². The SMILES string of the molecule is O=C1CCCN1c1cnn(C2CCN(c3nc4c(s3)CCC4)C2)c1. The van der Waals surface area contributed by atoms with Gasteiger partial charge in [-0.3, -0.25) is 9.48 Å². The fraction of sp³-hybridized carbons (Fsp3) is 0.588. The van der Waals surface area contributed by atoms with Gasteiger partial charge in [0.2, 0.25) is 5.91 Å². The Morgan fingerprint density at radius 1 is 1.17 bits per heavy atom. The number of anilines is 2. The number of nitrogens with zero attached hydrogens (tertiary/aromatic N) is 5. The molecular formula is C17H21N5OS. The molecule has 2 aliphatic heterocycles. The zero-order chi connectivity index (χ0) is 16.1. The largest absolute Gasteiger partial charge is 0.346 e. The highest BCUT2D eigenvalue weighted by molar-refractivity contribution is 7.15. The Hall–Kier alpha value is -1.89. The van der Waals surface area contributed by atoms with Crippen molar-refractivity contribution < 1.29 is 4.79 Å². The van der Waals surface area contributed by atoms with Gasteiger partial charge in [-0.05, 0) is 32.1 Å². The number of carbonyl (C=O) groups excluding carboxylic acids is 1. The van der Waals surface area contributed by atoms with Crippen LogP contribution < -0.4 is 9.80 Å². The lowest BCUT2D eigenvalue weighted by Crippen LogP contribution is -2.23. The minimum Gasteiger partial charge on any atom is -0.346 e. The van der Waals surface area contributed by atoms with Crippen molar-refractivity contribution in [3.63, 3.8) is 0 Å². The second-order valence-electron chi connectivity index (χ2n) is 6.94. The Morgan fingerprint density at radius 2 is 2.12 bits per heavy atom. The number of rotatable bonds is 3. The maximum Gasteiger partial charge on any atom is 0.227 e. The molecule has 126 valence electrons. The molecule has 0 bridgehead atoms. The van der Waals surface area contributed by atoms with E-state index >= 15 is 0 Å². The summed E-state index contributed by atoms with van der Waals surface area (Å²) < 4.78 is 2.04. The van der Waals surface area contributed by atoms with E-state index in [4.69, 9.17) is 4.98 Å². The van der Waals surface area contributed by atoms with Gasteiger partial charge in [0, 0.05) is 37.1 Å². The van der Waals surface area contributed by atoms with E-state index < -0.39 is 0 Å². The Labute approximate surface area is 145 Å². The van der Waals surface area contributed by atoms with Crippen LogP contribution in [0.2, 0.25) is 0 Å². The molecule has 0 saturated carbocycles. The van der Waals surface area contributed by atoms with Gasteiger partial charge in [-0.2, -0.15) is 5.10 Å². The number of aryl methyl sites for hydroxylation is 2. The normalized spacial score (nSPS) is 23.5. The van der Waals surface area contributed by atoms with Crippen LogP contribution in [0, 0.1) is 0 Å². The molecule has 1 amide bonds. The predicted molar refractivity (Wildman–Crippen MR) is 93.8 cm³/mol. The van der Waals surface area contributed by atoms with E-state index in [0.717, 1.165) is 44.6 Å². The Balaban J connectivity index is 1.30. The van der Waals surface area contributed by atoms with Crippen LogP contribution in [-0.2, 0) is 17.6 Å². The van der Waals surface area contributed by atoms with E-state index in [2.05, 4.69) is 10.00 Å². The molecule has 2 saturated heterocycles. The molecule has 5 rings (SSSR count). The molecule has 1 atom stereocenters. The van der Waals surface area contributed by atoms with Crippen molar-refractivity contribution in [1.29, 1.82) is 0 Å². The first-order chi connectivity index (χ1) is 11.8. The highest BCUT2D eigenvalue weighted by atomic mass is 32.1. The van der Waals surface area contributed by atoms with E-state index in [1.807, 2.05) is 33.3 Å². The zero-order valence-electron chi connectivity index (χ0n) is 13.6. The Morgan fingerprint density at radius 3 is 2.96 bits per heavy atom. The lowest BCUT2D eigenvalue weighted by atomic mass is 10.3. The Bertz CT molecular complexity index is 760. The molecule has 6 nitrogen and oxygen atoms in total. The standard InChI is InChI=1S/C17H21N5OS/c23-16-5-2-7-21(16)13-9-18-22(11-13)12-6-8-20(10-12)17-19-14-3-1-4-15(14)24-17/h9,11-12H,1-8,10H2. The van der Waals surface area contributed by atoms with Gasteiger partial charge in [-0.15, -0.1) is 11.3 Å². The first kappa shape index (κ1) is 14.5. The molecule has 2 fully saturated rings. The molecule has 0 radical (unpaired) electrons. The highest BCUT2D eigenvalue weighted by Gasteiger charge is 2.29. The fourth-order valence-electron chi connectivity index (χ4n) is 4.03. The van der Waals surface area contributed by atoms with Crippen molar-refractivity contribution in [2.75, 3.05) is 29.4 Å². The van der Waals surface area contributed by atoms with Crippen LogP contribution >= 0.6 is 11.3 Å². The van der Waals surface area contributed by atoms with Gasteiger partial charge in [-0.1, -0.05) is 0 Å². The quantitative estimate of drug-likeness (QED) is 0.859. The molecule has 24 heavy (non-hydrogen) atoms. The van der Waals surface area contributed by atoms with Crippen LogP contribution in [0.5, 0.6) is 0 Å². The molecule has 0 aromatic carbocycles. The lowest BCUT2D eigenvalue weighted by Gasteiger charge is -2.15. The minimum atomic E-state index is 0.222. The minimum absolute atomic E-state index is 0.222. The molecule has 2 aromatic heterocycles. The predicted octanol–water partition coefficient (Wildman–Crippen LogP) is 2.41. The van der Waals surface area contributed by atoms with Gasteiger partial charge in [0.05, 0.1) is 23.6 Å². The van der Waals surface area contributed by atoms with Crippen molar-refractivity contribution in [2.24, 2.45) is 0 Å². The van der Waals surface area contributed by atoms with Gasteiger partial charge >= 0.3 is 0 Å². The van der Waals surface area contributed by atoms with E-state index in [0.29, 0.717) is 12.5 Å². The fourth-order valence-corrected chi connectivity index (χ4v) is 5.21. The monoisotopic (exact) mass is 343 g/mol. The number of fused-ring (bicyclic) bond motifs is 1. The summed E-state index contributed by atoms with van der Waals surface area (Å²) in [4.78, 5) is 22.5. The molecule has 0 N–H and O–H groups in total. The van der Waals surface area contributed by atoms with Crippen LogP contribution in [0.3, 0.4) is 0 Å². The number of hydrogen-bond donors (Lipinski definition) is 0. The van der Waals surface area contributed by atoms with Crippen LogP contribution in [0.4, 0.5) is 10.8 Å². The van der Waals surface area contributed by atoms with Gasteiger partial charge in [-0.25, -0.2) is 4.98 Å². The van der Waals surface area contributed by atoms with Gasteiger partial charge < -0.3 is 9.80 Å². The van der Waals surface area contributed by atoms with Crippen LogP contribution in [0.25, 0.3) is 0 Å². The van der Waals surface area contributed by atoms with E-state index in [9.17, 15) is 4.79 Å². The zero-order valence-corrected chi connectivity index (χ0v) is 14.5. The molecule has 7 heteroatoms. The van der Waals surface area contributed by atoms with Crippen molar-refractivity contribution in [2.45, 2.75) is 44.6 Å². The van der Waals surface area contributed by atoms with Crippen LogP contribution in [0.15, 0.2) is 12.4 Å². The van der Waals surface area contributed by atoms with Crippen LogP contribution in [-0.4, -0.2) is 40.3 Å². The summed E-state index contributed by atoms with van der Waals surface area (Å²) in [7, 11) is 0. The van der Waals surface area contributed by atoms with Crippen molar-refractivity contribution >= 4 is 28.1 Å². The Kier molecular flexibility index (Phi) is 3.36. The summed E-state index contributed by atoms with van der Waals surface area (Å²) >= 11 is 1.87. The first-order valence-electron chi connectivity index (χ1n) is 8.86. The highest BCUT2D eigenvalue weighted by Crippen LogP contribution is 2.36. The van der Waals surface area contributed by atoms with Gasteiger partial charge in [0.15, 0.2) is 5.13 Å². The number of hydrogen-bond acceptors (Lipinski definition) is 5. The summed E-state index contributed by atoms with van der Waals surface area (Å²) in [5.41, 5.74) is 2.27. The maximum absolute atomic E-state index is 11.9.